The van der Waals surface area contributed by atoms with Crippen LogP contribution in [0.25, 0.3) is 6.08 Å². The SMILES string of the molecule is CN(C)c1ccccc1C=CC(=O)Cl. The van der Waals surface area contributed by atoms with Gasteiger partial charge < -0.3 is 4.90 Å². The Morgan fingerprint density at radius 1 is 1.36 bits per heavy atom. The third-order valence-electron chi connectivity index (χ3n) is 1.81. The van der Waals surface area contributed by atoms with E-state index in [-0.39, 0.29) is 0 Å². The first kappa shape index (κ1) is 10.8. The molecule has 0 saturated heterocycles. The average molecular weight is 210 g/mol. The summed E-state index contributed by atoms with van der Waals surface area (Å²) in [5, 5.41) is -0.460. The van der Waals surface area contributed by atoms with Crippen molar-refractivity contribution in [3.8, 4) is 0 Å². The third kappa shape index (κ3) is 2.89. The van der Waals surface area contributed by atoms with E-state index in [0.717, 1.165) is 11.3 Å². The lowest BCUT2D eigenvalue weighted by molar-refractivity contribution is -0.107. The summed E-state index contributed by atoms with van der Waals surface area (Å²) < 4.78 is 0. The van der Waals surface area contributed by atoms with Crippen molar-refractivity contribution in [3.63, 3.8) is 0 Å². The van der Waals surface area contributed by atoms with Crippen LogP contribution in [0.15, 0.2) is 30.3 Å². The number of rotatable bonds is 3. The zero-order chi connectivity index (χ0) is 10.6. The van der Waals surface area contributed by atoms with Crippen molar-refractivity contribution >= 4 is 28.6 Å². The minimum absolute atomic E-state index is 0.460. The van der Waals surface area contributed by atoms with Gasteiger partial charge in [-0.1, -0.05) is 18.2 Å². The van der Waals surface area contributed by atoms with Crippen LogP contribution in [-0.4, -0.2) is 19.3 Å². The van der Waals surface area contributed by atoms with Crippen molar-refractivity contribution in [1.29, 1.82) is 0 Å². The molecule has 0 aliphatic heterocycles. The Bertz CT molecular complexity index is 358. The maximum Gasteiger partial charge on any atom is 0.245 e. The van der Waals surface area contributed by atoms with E-state index in [1.165, 1.54) is 6.08 Å². The highest BCUT2D eigenvalue weighted by Gasteiger charge is 1.99. The molecule has 0 aliphatic carbocycles. The second kappa shape index (κ2) is 4.82. The molecule has 0 spiro atoms. The molecular weight excluding hydrogens is 198 g/mol. The smallest absolute Gasteiger partial charge is 0.245 e. The largest absolute Gasteiger partial charge is 0.377 e. The molecule has 0 atom stereocenters. The number of halogens is 1. The van der Waals surface area contributed by atoms with E-state index in [0.29, 0.717) is 0 Å². The van der Waals surface area contributed by atoms with Crippen molar-refractivity contribution in [2.45, 2.75) is 0 Å². The molecule has 0 N–H and O–H groups in total. The number of nitrogens with zero attached hydrogens (tertiary/aromatic N) is 1. The standard InChI is InChI=1S/C11H12ClNO/c1-13(2)10-6-4-3-5-9(10)7-8-11(12)14/h3-8H,1-2H3. The third-order valence-corrected chi connectivity index (χ3v) is 1.94. The van der Waals surface area contributed by atoms with Crippen molar-refractivity contribution in [1.82, 2.24) is 0 Å². The number of hydrogen-bond donors (Lipinski definition) is 0. The van der Waals surface area contributed by atoms with Crippen LogP contribution in [-0.2, 0) is 4.79 Å². The minimum atomic E-state index is -0.460. The summed E-state index contributed by atoms with van der Waals surface area (Å²) in [5.41, 5.74) is 2.04. The molecule has 1 aromatic carbocycles. The van der Waals surface area contributed by atoms with Crippen LogP contribution in [0.5, 0.6) is 0 Å². The lowest BCUT2D eigenvalue weighted by Gasteiger charge is -2.14. The Kier molecular flexibility index (Phi) is 3.72. The average Bonchev–Trinajstić information content (AvgIpc) is 2.15. The molecule has 1 rings (SSSR count). The molecule has 0 radical (unpaired) electrons. The number of allylic oxidation sites excluding steroid dienone is 1. The maximum atomic E-state index is 10.6. The lowest BCUT2D eigenvalue weighted by atomic mass is 10.1. The Balaban J connectivity index is 3.01. The van der Waals surface area contributed by atoms with E-state index in [1.54, 1.807) is 6.08 Å². The maximum absolute atomic E-state index is 10.6. The van der Waals surface area contributed by atoms with Gasteiger partial charge in [0, 0.05) is 19.8 Å². The first-order valence-corrected chi connectivity index (χ1v) is 4.63. The second-order valence-corrected chi connectivity index (χ2v) is 3.46. The fourth-order valence-corrected chi connectivity index (χ4v) is 1.25. The van der Waals surface area contributed by atoms with Crippen LogP contribution in [0.4, 0.5) is 5.69 Å². The predicted octanol–water partition coefficient (Wildman–Crippen LogP) is 2.53. The highest BCUT2D eigenvalue weighted by molar-refractivity contribution is 6.66. The van der Waals surface area contributed by atoms with E-state index in [1.807, 2.05) is 43.3 Å². The monoisotopic (exact) mass is 209 g/mol. The van der Waals surface area contributed by atoms with Gasteiger partial charge in [-0.25, -0.2) is 0 Å². The topological polar surface area (TPSA) is 20.3 Å². The summed E-state index contributed by atoms with van der Waals surface area (Å²) in [6.45, 7) is 0. The zero-order valence-electron chi connectivity index (χ0n) is 8.20. The Morgan fingerprint density at radius 2 is 2.00 bits per heavy atom. The van der Waals surface area contributed by atoms with E-state index < -0.39 is 5.24 Å². The summed E-state index contributed by atoms with van der Waals surface area (Å²) in [5.74, 6) is 0. The Hall–Kier alpha value is -1.28. The van der Waals surface area contributed by atoms with Crippen LogP contribution in [0.2, 0.25) is 0 Å². The quantitative estimate of drug-likeness (QED) is 0.563. The van der Waals surface area contributed by atoms with Crippen molar-refractivity contribution in [2.24, 2.45) is 0 Å². The van der Waals surface area contributed by atoms with Gasteiger partial charge in [-0.05, 0) is 35.4 Å². The summed E-state index contributed by atoms with van der Waals surface area (Å²) in [6.07, 6.45) is 3.06. The van der Waals surface area contributed by atoms with Crippen molar-refractivity contribution in [2.75, 3.05) is 19.0 Å². The molecule has 0 amide bonds. The molecule has 14 heavy (non-hydrogen) atoms. The van der Waals surface area contributed by atoms with Crippen LogP contribution in [0, 0.1) is 0 Å². The van der Waals surface area contributed by atoms with Gasteiger partial charge in [0.05, 0.1) is 0 Å². The molecule has 0 fully saturated rings. The van der Waals surface area contributed by atoms with E-state index in [2.05, 4.69) is 0 Å². The van der Waals surface area contributed by atoms with Crippen LogP contribution >= 0.6 is 11.6 Å². The van der Waals surface area contributed by atoms with Crippen molar-refractivity contribution < 1.29 is 4.79 Å². The summed E-state index contributed by atoms with van der Waals surface area (Å²) >= 11 is 5.22. The highest BCUT2D eigenvalue weighted by atomic mass is 35.5. The number of carbonyl (C=O) groups excluding carboxylic acids is 1. The van der Waals surface area contributed by atoms with Crippen LogP contribution in [0.1, 0.15) is 5.56 Å². The van der Waals surface area contributed by atoms with Gasteiger partial charge in [0.1, 0.15) is 0 Å². The minimum Gasteiger partial charge on any atom is -0.377 e. The molecule has 0 heterocycles. The van der Waals surface area contributed by atoms with E-state index in [4.69, 9.17) is 11.6 Å². The molecule has 2 nitrogen and oxygen atoms in total. The first-order valence-electron chi connectivity index (χ1n) is 4.25. The van der Waals surface area contributed by atoms with E-state index in [9.17, 15) is 4.79 Å². The molecule has 0 saturated carbocycles. The lowest BCUT2D eigenvalue weighted by Crippen LogP contribution is -2.09. The van der Waals surface area contributed by atoms with Gasteiger partial charge >= 0.3 is 0 Å². The number of para-hydroxylation sites is 1. The van der Waals surface area contributed by atoms with Gasteiger partial charge in [0.25, 0.3) is 0 Å². The van der Waals surface area contributed by atoms with Gasteiger partial charge in [-0.3, -0.25) is 4.79 Å². The molecule has 0 unspecified atom stereocenters. The van der Waals surface area contributed by atoms with Gasteiger partial charge in [-0.2, -0.15) is 0 Å². The number of carbonyl (C=O) groups is 1. The summed E-state index contributed by atoms with van der Waals surface area (Å²) in [7, 11) is 3.91. The van der Waals surface area contributed by atoms with Crippen molar-refractivity contribution in [3.05, 3.63) is 35.9 Å². The molecule has 3 heteroatoms. The van der Waals surface area contributed by atoms with Crippen LogP contribution in [0.3, 0.4) is 0 Å². The van der Waals surface area contributed by atoms with Gasteiger partial charge in [-0.15, -0.1) is 0 Å². The number of anilines is 1. The highest BCUT2D eigenvalue weighted by Crippen LogP contribution is 2.19. The summed E-state index contributed by atoms with van der Waals surface area (Å²) in [4.78, 5) is 12.5. The molecule has 0 bridgehead atoms. The second-order valence-electron chi connectivity index (χ2n) is 3.09. The fraction of sp³-hybridized carbons (Fsp3) is 0.182. The molecule has 0 aliphatic rings. The van der Waals surface area contributed by atoms with Gasteiger partial charge in [0.2, 0.25) is 5.24 Å². The molecule has 1 aromatic rings. The van der Waals surface area contributed by atoms with Crippen LogP contribution < -0.4 is 4.90 Å². The zero-order valence-corrected chi connectivity index (χ0v) is 8.95. The Morgan fingerprint density at radius 3 is 2.57 bits per heavy atom. The molecule has 74 valence electrons. The predicted molar refractivity (Wildman–Crippen MR) is 60.7 cm³/mol. The Labute approximate surface area is 88.8 Å². The first-order chi connectivity index (χ1) is 6.61. The summed E-state index contributed by atoms with van der Waals surface area (Å²) in [6, 6.07) is 7.80. The number of hydrogen-bond acceptors (Lipinski definition) is 2. The number of benzene rings is 1. The fourth-order valence-electron chi connectivity index (χ4n) is 1.19. The molecule has 0 aromatic heterocycles. The van der Waals surface area contributed by atoms with E-state index >= 15 is 0 Å². The molecular formula is C11H12ClNO. The normalized spacial score (nSPS) is 10.5. The van der Waals surface area contributed by atoms with Gasteiger partial charge in [0.15, 0.2) is 0 Å².